The Morgan fingerprint density at radius 3 is 1.28 bits per heavy atom. The zero-order chi connectivity index (χ0) is 22.4. The van der Waals surface area contributed by atoms with Crippen molar-refractivity contribution in [2.75, 3.05) is 0 Å². The van der Waals surface area contributed by atoms with Crippen LogP contribution in [0.1, 0.15) is 17.3 Å². The van der Waals surface area contributed by atoms with Gasteiger partial charge in [0.1, 0.15) is 23.2 Å². The van der Waals surface area contributed by atoms with Crippen LogP contribution in [0.3, 0.4) is 0 Å². The van der Waals surface area contributed by atoms with Crippen LogP contribution < -0.4 is 21.2 Å². The molecule has 0 fully saturated rings. The minimum absolute atomic E-state index is 0.0920. The van der Waals surface area contributed by atoms with Crippen molar-refractivity contribution in [3.63, 3.8) is 0 Å². The SMILES string of the molecule is CC(=O)N[C@H](C(=O)c1ccccc1)[P+](c1ccccc1)(c1ccccc1)c1ccccc1. The molecule has 4 rings (SSSR count). The lowest BCUT2D eigenvalue weighted by atomic mass is 10.1. The Bertz CT molecular complexity index is 1080. The number of carbonyl (C=O) groups is 2. The van der Waals surface area contributed by atoms with E-state index in [1.165, 1.54) is 6.92 Å². The Morgan fingerprint density at radius 1 is 0.594 bits per heavy atom. The standard InChI is InChI=1S/C28H24NO2P/c1-22(30)29-28(27(31)23-14-6-2-7-15-23)32(24-16-8-3-9-17-24,25-18-10-4-11-19-25)26-20-12-5-13-21-26/h2-21,28H,1H3/p+1/t28-/m0/s1. The third-order valence-electron chi connectivity index (χ3n) is 5.52. The summed E-state index contributed by atoms with van der Waals surface area (Å²) in [5, 5.41) is 6.20. The minimum Gasteiger partial charge on any atom is -0.314 e. The predicted molar refractivity (Wildman–Crippen MR) is 134 cm³/mol. The second-order valence-electron chi connectivity index (χ2n) is 7.56. The molecule has 0 heterocycles. The van der Waals surface area contributed by atoms with Crippen LogP contribution >= 0.6 is 7.26 Å². The van der Waals surface area contributed by atoms with Crippen molar-refractivity contribution in [3.05, 3.63) is 127 Å². The summed E-state index contributed by atoms with van der Waals surface area (Å²) in [4.78, 5) is 26.5. The number of benzene rings is 4. The molecule has 32 heavy (non-hydrogen) atoms. The lowest BCUT2D eigenvalue weighted by Gasteiger charge is -2.34. The number of nitrogens with one attached hydrogen (secondary N) is 1. The quantitative estimate of drug-likeness (QED) is 0.345. The Balaban J connectivity index is 2.08. The first-order valence-electron chi connectivity index (χ1n) is 10.6. The van der Waals surface area contributed by atoms with Gasteiger partial charge in [-0.25, -0.2) is 0 Å². The molecule has 0 radical (unpaired) electrons. The average Bonchev–Trinajstić information content (AvgIpc) is 2.86. The van der Waals surface area contributed by atoms with E-state index in [4.69, 9.17) is 0 Å². The van der Waals surface area contributed by atoms with Crippen molar-refractivity contribution >= 4 is 34.9 Å². The van der Waals surface area contributed by atoms with Gasteiger partial charge in [0.15, 0.2) is 0 Å². The summed E-state index contributed by atoms with van der Waals surface area (Å²) in [6.07, 6.45) is 0. The molecule has 0 unspecified atom stereocenters. The van der Waals surface area contributed by atoms with Crippen molar-refractivity contribution in [2.24, 2.45) is 0 Å². The first-order valence-corrected chi connectivity index (χ1v) is 12.4. The molecule has 0 aliphatic heterocycles. The predicted octanol–water partition coefficient (Wildman–Crippen LogP) is 4.33. The van der Waals surface area contributed by atoms with Gasteiger partial charge < -0.3 is 5.32 Å². The van der Waals surface area contributed by atoms with Gasteiger partial charge >= 0.3 is 0 Å². The maximum Gasteiger partial charge on any atom is 0.224 e. The number of hydrogen-bond donors (Lipinski definition) is 1. The van der Waals surface area contributed by atoms with Crippen molar-refractivity contribution < 1.29 is 9.59 Å². The zero-order valence-electron chi connectivity index (χ0n) is 17.9. The van der Waals surface area contributed by atoms with Crippen LogP contribution in [0.5, 0.6) is 0 Å². The van der Waals surface area contributed by atoms with Gasteiger partial charge in [0.25, 0.3) is 0 Å². The highest BCUT2D eigenvalue weighted by Gasteiger charge is 2.56. The molecule has 1 amide bonds. The van der Waals surface area contributed by atoms with Gasteiger partial charge in [-0.1, -0.05) is 84.9 Å². The molecular formula is C28H25NO2P+. The second-order valence-corrected chi connectivity index (χ2v) is 11.1. The van der Waals surface area contributed by atoms with Crippen molar-refractivity contribution in [2.45, 2.75) is 12.7 Å². The first-order chi connectivity index (χ1) is 15.6. The molecule has 4 heteroatoms. The fourth-order valence-electron chi connectivity index (χ4n) is 4.17. The topological polar surface area (TPSA) is 46.2 Å². The lowest BCUT2D eigenvalue weighted by molar-refractivity contribution is -0.119. The first kappa shape index (κ1) is 21.7. The van der Waals surface area contributed by atoms with E-state index in [-0.39, 0.29) is 11.7 Å². The third kappa shape index (κ3) is 4.12. The Hall–Kier alpha value is -3.55. The molecule has 1 atom stereocenters. The summed E-state index contributed by atoms with van der Waals surface area (Å²) >= 11 is 0. The van der Waals surface area contributed by atoms with Crippen LogP contribution in [-0.4, -0.2) is 17.5 Å². The highest BCUT2D eigenvalue weighted by atomic mass is 31.2. The van der Waals surface area contributed by atoms with Gasteiger partial charge in [0.2, 0.25) is 17.5 Å². The summed E-state index contributed by atoms with van der Waals surface area (Å²) in [5.74, 6) is -1.06. The molecule has 0 bridgehead atoms. The summed E-state index contributed by atoms with van der Waals surface area (Å²) in [7, 11) is -2.62. The van der Waals surface area contributed by atoms with Gasteiger partial charge in [-0.15, -0.1) is 0 Å². The van der Waals surface area contributed by atoms with Crippen LogP contribution in [-0.2, 0) is 4.79 Å². The van der Waals surface area contributed by atoms with Crippen molar-refractivity contribution in [1.82, 2.24) is 5.32 Å². The van der Waals surface area contributed by atoms with Crippen LogP contribution in [0, 0.1) is 0 Å². The molecule has 3 nitrogen and oxygen atoms in total. The van der Waals surface area contributed by atoms with Crippen LogP contribution in [0.25, 0.3) is 0 Å². The number of carbonyl (C=O) groups excluding carboxylic acids is 2. The minimum atomic E-state index is -2.62. The van der Waals surface area contributed by atoms with E-state index < -0.39 is 13.0 Å². The molecule has 4 aromatic carbocycles. The Kier molecular flexibility index (Phi) is 6.58. The summed E-state index contributed by atoms with van der Waals surface area (Å²) < 4.78 is 0. The van der Waals surface area contributed by atoms with Gasteiger partial charge in [0, 0.05) is 12.5 Å². The molecule has 0 aromatic heterocycles. The largest absolute Gasteiger partial charge is 0.314 e. The summed E-state index contributed by atoms with van der Waals surface area (Å²) in [6, 6.07) is 39.5. The molecule has 1 N–H and O–H groups in total. The molecule has 0 saturated carbocycles. The number of Topliss-reactive ketones (excluding diaryl/α,β-unsaturated/α-hetero) is 1. The number of hydrogen-bond acceptors (Lipinski definition) is 2. The number of amides is 1. The van der Waals surface area contributed by atoms with Crippen molar-refractivity contribution in [1.29, 1.82) is 0 Å². The summed E-state index contributed by atoms with van der Waals surface area (Å²) in [5.41, 5.74) is 0.582. The average molecular weight is 438 g/mol. The normalized spacial score (nSPS) is 12.0. The highest BCUT2D eigenvalue weighted by molar-refractivity contribution is 7.96. The molecule has 0 spiro atoms. The maximum absolute atomic E-state index is 14.1. The third-order valence-corrected chi connectivity index (χ3v) is 10.0. The summed E-state index contributed by atoms with van der Waals surface area (Å²) in [6.45, 7) is 1.47. The van der Waals surface area contributed by atoms with E-state index in [0.29, 0.717) is 5.56 Å². The van der Waals surface area contributed by atoms with E-state index in [1.54, 1.807) is 0 Å². The van der Waals surface area contributed by atoms with Gasteiger partial charge in [-0.2, -0.15) is 0 Å². The molecule has 4 aromatic rings. The molecule has 0 aliphatic carbocycles. The maximum atomic E-state index is 14.1. The molecular weight excluding hydrogens is 413 g/mol. The highest BCUT2D eigenvalue weighted by Crippen LogP contribution is 2.59. The van der Waals surface area contributed by atoms with Gasteiger partial charge in [-0.3, -0.25) is 9.59 Å². The number of ketones is 1. The molecule has 0 saturated heterocycles. The lowest BCUT2D eigenvalue weighted by Crippen LogP contribution is -2.51. The zero-order valence-corrected chi connectivity index (χ0v) is 18.8. The van der Waals surface area contributed by atoms with E-state index in [9.17, 15) is 9.59 Å². The molecule has 158 valence electrons. The smallest absolute Gasteiger partial charge is 0.224 e. The number of rotatable bonds is 7. The van der Waals surface area contributed by atoms with Gasteiger partial charge in [0.05, 0.1) is 0 Å². The Labute approximate surface area is 189 Å². The molecule has 0 aliphatic rings. The second kappa shape index (κ2) is 9.72. The Morgan fingerprint density at radius 2 is 0.938 bits per heavy atom. The fourth-order valence-corrected chi connectivity index (χ4v) is 8.77. The van der Waals surface area contributed by atoms with Crippen molar-refractivity contribution in [3.8, 4) is 0 Å². The van der Waals surface area contributed by atoms with Crippen LogP contribution in [0.15, 0.2) is 121 Å². The van der Waals surface area contributed by atoms with E-state index in [2.05, 4.69) is 41.7 Å². The van der Waals surface area contributed by atoms with Crippen LogP contribution in [0.4, 0.5) is 0 Å². The van der Waals surface area contributed by atoms with E-state index >= 15 is 0 Å². The monoisotopic (exact) mass is 438 g/mol. The van der Waals surface area contributed by atoms with E-state index in [1.807, 2.05) is 84.9 Å². The van der Waals surface area contributed by atoms with E-state index in [0.717, 1.165) is 15.9 Å². The van der Waals surface area contributed by atoms with Crippen LogP contribution in [0.2, 0.25) is 0 Å². The fraction of sp³-hybridized carbons (Fsp3) is 0.0714. The van der Waals surface area contributed by atoms with Gasteiger partial charge in [-0.05, 0) is 36.4 Å².